The first-order valence-electron chi connectivity index (χ1n) is 18.1. The Kier molecular flexibility index (Phi) is 9.80. The van der Waals surface area contributed by atoms with Crippen LogP contribution < -0.4 is 0 Å². The van der Waals surface area contributed by atoms with E-state index in [4.69, 9.17) is 23.7 Å². The molecule has 3 heterocycles. The molecule has 3 aliphatic heterocycles. The smallest absolute Gasteiger partial charge is 0.310 e. The first-order valence-corrected chi connectivity index (χ1v) is 18.1. The predicted octanol–water partition coefficient (Wildman–Crippen LogP) is -0.603. The Hall–Kier alpha value is -1.27. The van der Waals surface area contributed by atoms with Crippen LogP contribution in [0.25, 0.3) is 0 Å². The summed E-state index contributed by atoms with van der Waals surface area (Å²) in [6.45, 7) is 3.60. The highest BCUT2D eigenvalue weighted by atomic mass is 16.7. The minimum Gasteiger partial charge on any atom is -0.461 e. The highest BCUT2D eigenvalue weighted by Gasteiger charge is 2.66. The number of ether oxygens (including phenoxy) is 5. The van der Waals surface area contributed by atoms with Crippen molar-refractivity contribution in [2.24, 2.45) is 28.6 Å². The third-order valence-electron chi connectivity index (χ3n) is 14.1. The molecule has 14 nitrogen and oxygen atoms in total. The maximum Gasteiger partial charge on any atom is 0.310 e. The van der Waals surface area contributed by atoms with E-state index in [0.717, 1.165) is 44.1 Å². The van der Waals surface area contributed by atoms with Gasteiger partial charge in [-0.1, -0.05) is 19.4 Å². The zero-order valence-corrected chi connectivity index (χ0v) is 28.3. The molecule has 4 aliphatic carbocycles. The summed E-state index contributed by atoms with van der Waals surface area (Å²) < 4.78 is 28.7. The number of esters is 1. The zero-order valence-electron chi connectivity index (χ0n) is 28.3. The summed E-state index contributed by atoms with van der Waals surface area (Å²) in [7, 11) is 0. The van der Waals surface area contributed by atoms with Crippen LogP contribution in [-0.4, -0.2) is 140 Å². The third-order valence-corrected chi connectivity index (χ3v) is 14.1. The van der Waals surface area contributed by atoms with E-state index in [-0.39, 0.29) is 28.8 Å². The molecule has 4 saturated carbocycles. The molecule has 278 valence electrons. The highest BCUT2D eigenvalue weighted by Crippen LogP contribution is 2.69. The average Bonchev–Trinajstić information content (AvgIpc) is 3.63. The fourth-order valence-corrected chi connectivity index (χ4v) is 11.2. The van der Waals surface area contributed by atoms with Gasteiger partial charge in [0.15, 0.2) is 12.6 Å². The van der Waals surface area contributed by atoms with Crippen LogP contribution in [0.4, 0.5) is 0 Å². The van der Waals surface area contributed by atoms with Gasteiger partial charge in [0.2, 0.25) is 0 Å². The van der Waals surface area contributed by atoms with Gasteiger partial charge in [0.25, 0.3) is 0 Å². The number of aliphatic hydroxyl groups is 8. The van der Waals surface area contributed by atoms with Crippen molar-refractivity contribution in [3.05, 3.63) is 11.1 Å². The highest BCUT2D eigenvalue weighted by molar-refractivity contribution is 5.76. The zero-order chi connectivity index (χ0) is 35.0. The lowest BCUT2D eigenvalue weighted by atomic mass is 9.43. The van der Waals surface area contributed by atoms with Crippen LogP contribution in [0.2, 0.25) is 0 Å². The number of hydrogen-bond donors (Lipinski definition) is 8. The standard InChI is InChI=1S/C35H54O14/c1-33-8-5-18(46-32-29(43)30(26(40)23(14-37)48-32)49-31-28(42)27(41)25(39)22(13-36)47-31)12-17(33)3-4-21-20(33)6-9-34(2)19(7-10-35(21,34)44)16-11-24(38)45-15-16/h17-18,20-23,25-32,36-37,39-44H,3-15H2,1-2H3/b19-16+/t17-,18-,20+,21-,22+,23-,25+,26-,27-,28-,29-,30+,31-,32-,33+,34-,35-/m0/s1. The number of rotatable bonds is 6. The van der Waals surface area contributed by atoms with E-state index in [0.29, 0.717) is 44.1 Å². The molecule has 0 spiro atoms. The summed E-state index contributed by atoms with van der Waals surface area (Å²) in [6, 6.07) is 0. The monoisotopic (exact) mass is 698 g/mol. The Labute approximate surface area is 285 Å². The molecule has 17 atom stereocenters. The minimum atomic E-state index is -1.75. The lowest BCUT2D eigenvalue weighted by Crippen LogP contribution is -2.65. The number of cyclic esters (lactones) is 1. The van der Waals surface area contributed by atoms with E-state index in [9.17, 15) is 45.6 Å². The molecule has 0 aromatic heterocycles. The van der Waals surface area contributed by atoms with Crippen molar-refractivity contribution in [3.63, 3.8) is 0 Å². The van der Waals surface area contributed by atoms with Crippen molar-refractivity contribution in [1.29, 1.82) is 0 Å². The minimum absolute atomic E-state index is 0.0210. The van der Waals surface area contributed by atoms with E-state index in [1.807, 2.05) is 0 Å². The lowest BCUT2D eigenvalue weighted by molar-refractivity contribution is -0.365. The van der Waals surface area contributed by atoms with Crippen molar-refractivity contribution in [2.45, 2.75) is 151 Å². The average molecular weight is 699 g/mol. The first-order chi connectivity index (χ1) is 23.3. The van der Waals surface area contributed by atoms with Crippen LogP contribution in [0.5, 0.6) is 0 Å². The Morgan fingerprint density at radius 1 is 0.776 bits per heavy atom. The van der Waals surface area contributed by atoms with Gasteiger partial charge in [-0.15, -0.1) is 0 Å². The third kappa shape index (κ3) is 5.73. The van der Waals surface area contributed by atoms with Gasteiger partial charge in [-0.05, 0) is 86.5 Å². The fourth-order valence-electron chi connectivity index (χ4n) is 11.2. The molecule has 49 heavy (non-hydrogen) atoms. The molecule has 0 unspecified atom stereocenters. The normalized spacial score (nSPS) is 54.6. The van der Waals surface area contributed by atoms with Gasteiger partial charge in [-0.3, -0.25) is 4.79 Å². The Bertz CT molecular complexity index is 1280. The van der Waals surface area contributed by atoms with E-state index in [1.165, 1.54) is 5.57 Å². The fraction of sp³-hybridized carbons (Fsp3) is 0.914. The largest absolute Gasteiger partial charge is 0.461 e. The SMILES string of the molecule is C[C@@]12CC[C@H](O[C@H]3O[C@@H](CO)[C@H](O)[C@@H](O[C@@H]4O[C@H](CO)[C@@H](O)[C@H](O)[C@@H]4O)[C@@H]3O)C[C@@H]1CC[C@H]1[C@H]2CC[C@@]2(C)/C(=C3/COC(=O)C3)CC[C@]12O. The van der Waals surface area contributed by atoms with Crippen LogP contribution in [-0.2, 0) is 28.5 Å². The maximum absolute atomic E-state index is 12.5. The van der Waals surface area contributed by atoms with Crippen LogP contribution in [0, 0.1) is 28.6 Å². The number of carbonyl (C=O) groups excluding carboxylic acids is 1. The summed E-state index contributed by atoms with van der Waals surface area (Å²) in [5.74, 6) is 0.601. The molecular formula is C35H54O14. The van der Waals surface area contributed by atoms with E-state index in [2.05, 4.69) is 13.8 Å². The Morgan fingerprint density at radius 3 is 2.14 bits per heavy atom. The van der Waals surface area contributed by atoms with Crippen molar-refractivity contribution < 1.29 is 69.3 Å². The molecule has 8 N–H and O–H groups in total. The van der Waals surface area contributed by atoms with Crippen molar-refractivity contribution in [2.75, 3.05) is 19.8 Å². The van der Waals surface area contributed by atoms with Crippen LogP contribution in [0.3, 0.4) is 0 Å². The summed E-state index contributed by atoms with van der Waals surface area (Å²) in [4.78, 5) is 11.9. The molecule has 0 amide bonds. The number of aliphatic hydroxyl groups excluding tert-OH is 7. The lowest BCUT2D eigenvalue weighted by Gasteiger charge is -2.63. The number of carbonyl (C=O) groups is 1. The molecule has 7 rings (SSSR count). The van der Waals surface area contributed by atoms with Gasteiger partial charge in [-0.25, -0.2) is 0 Å². The second kappa shape index (κ2) is 13.3. The van der Waals surface area contributed by atoms with Crippen LogP contribution >= 0.6 is 0 Å². The molecule has 0 aromatic carbocycles. The first kappa shape index (κ1) is 36.1. The maximum atomic E-state index is 12.5. The van der Waals surface area contributed by atoms with E-state index >= 15 is 0 Å². The van der Waals surface area contributed by atoms with Crippen LogP contribution in [0.1, 0.15) is 78.1 Å². The molecular weight excluding hydrogens is 644 g/mol. The molecule has 14 heteroatoms. The van der Waals surface area contributed by atoms with Gasteiger partial charge < -0.3 is 64.5 Å². The molecule has 7 aliphatic rings. The summed E-state index contributed by atoms with van der Waals surface area (Å²) >= 11 is 0. The molecule has 0 bridgehead atoms. The van der Waals surface area contributed by atoms with E-state index < -0.39 is 80.2 Å². The van der Waals surface area contributed by atoms with Gasteiger partial charge in [0, 0.05) is 5.41 Å². The summed E-state index contributed by atoms with van der Waals surface area (Å²) in [5.41, 5.74) is 1.07. The summed E-state index contributed by atoms with van der Waals surface area (Å²) in [6.07, 6.45) is -7.54. The Morgan fingerprint density at radius 2 is 1.47 bits per heavy atom. The summed E-state index contributed by atoms with van der Waals surface area (Å²) in [5, 5.41) is 85.1. The van der Waals surface area contributed by atoms with Gasteiger partial charge in [-0.2, -0.15) is 0 Å². The topological polar surface area (TPSA) is 225 Å². The second-order valence-corrected chi connectivity index (χ2v) is 16.2. The van der Waals surface area contributed by atoms with Gasteiger partial charge >= 0.3 is 5.97 Å². The van der Waals surface area contributed by atoms with Crippen molar-refractivity contribution in [1.82, 2.24) is 0 Å². The second-order valence-electron chi connectivity index (χ2n) is 16.2. The molecule has 0 aromatic rings. The van der Waals surface area contributed by atoms with Crippen LogP contribution in [0.15, 0.2) is 11.1 Å². The van der Waals surface area contributed by atoms with Crippen molar-refractivity contribution >= 4 is 5.97 Å². The predicted molar refractivity (Wildman–Crippen MR) is 167 cm³/mol. The Balaban J connectivity index is 1.03. The molecule has 7 fully saturated rings. The number of fused-ring (bicyclic) bond motifs is 5. The molecule has 0 radical (unpaired) electrons. The molecule has 3 saturated heterocycles. The van der Waals surface area contributed by atoms with Crippen molar-refractivity contribution in [3.8, 4) is 0 Å². The quantitative estimate of drug-likeness (QED) is 0.0986. The van der Waals surface area contributed by atoms with E-state index in [1.54, 1.807) is 0 Å². The van der Waals surface area contributed by atoms with Gasteiger partial charge in [0.1, 0.15) is 55.4 Å². The number of hydrogen-bond acceptors (Lipinski definition) is 14. The van der Waals surface area contributed by atoms with Gasteiger partial charge in [0.05, 0.1) is 31.3 Å².